The van der Waals surface area contributed by atoms with Crippen molar-refractivity contribution in [3.63, 3.8) is 0 Å². The van der Waals surface area contributed by atoms with Crippen molar-refractivity contribution in [2.75, 3.05) is 4.90 Å². The molecule has 2 N–H and O–H groups in total. The number of aromatic nitrogens is 1. The van der Waals surface area contributed by atoms with Crippen LogP contribution in [0.1, 0.15) is 44.4 Å². The predicted molar refractivity (Wildman–Crippen MR) is 114 cm³/mol. The summed E-state index contributed by atoms with van der Waals surface area (Å²) in [6.07, 6.45) is -0.543. The Morgan fingerprint density at radius 2 is 1.74 bits per heavy atom. The fourth-order valence-electron chi connectivity index (χ4n) is 3.57. The Hall–Kier alpha value is -3.50. The fourth-order valence-corrected chi connectivity index (χ4v) is 3.57. The molecule has 1 atom stereocenters. The van der Waals surface area contributed by atoms with Gasteiger partial charge in [0.15, 0.2) is 11.9 Å². The van der Waals surface area contributed by atoms with Crippen molar-refractivity contribution in [1.29, 1.82) is 0 Å². The van der Waals surface area contributed by atoms with Gasteiger partial charge in [-0.2, -0.15) is 0 Å². The van der Waals surface area contributed by atoms with E-state index < -0.39 is 46.6 Å². The van der Waals surface area contributed by atoms with E-state index in [-0.39, 0.29) is 41.3 Å². The number of carbonyl (C=O) groups is 1. The van der Waals surface area contributed by atoms with Gasteiger partial charge in [0.25, 0.3) is 0 Å². The van der Waals surface area contributed by atoms with Gasteiger partial charge in [0.1, 0.15) is 34.7 Å². The molecule has 2 aromatic carbocycles. The van der Waals surface area contributed by atoms with E-state index in [1.165, 1.54) is 13.8 Å². The minimum atomic E-state index is -1.68. The largest absolute Gasteiger partial charge is 0.437 e. The standard InChI is InChI=1S/C24H20F4N2O4/c1-24(2,33)22(32)23-29-19(21(34-23)14-8-7-13(25)10-17(14)28)12-6-9-18(31)30(11-12)20-15(26)4-3-5-16(20)27/h3-5,7-8,10-11,22,32-33H,6,9H2,1-2H3. The molecule has 0 radical (unpaired) electrons. The van der Waals surface area contributed by atoms with Gasteiger partial charge in [0.2, 0.25) is 11.8 Å². The topological polar surface area (TPSA) is 86.8 Å². The molecule has 3 aromatic rings. The summed E-state index contributed by atoms with van der Waals surface area (Å²) >= 11 is 0. The Morgan fingerprint density at radius 3 is 2.35 bits per heavy atom. The number of hydrogen-bond acceptors (Lipinski definition) is 5. The molecular formula is C24H20F4N2O4. The average molecular weight is 476 g/mol. The minimum absolute atomic E-state index is 0.0296. The van der Waals surface area contributed by atoms with Crippen molar-refractivity contribution in [2.45, 2.75) is 38.4 Å². The van der Waals surface area contributed by atoms with Crippen molar-refractivity contribution in [3.05, 3.63) is 77.5 Å². The van der Waals surface area contributed by atoms with Crippen molar-refractivity contribution in [3.8, 4) is 11.3 Å². The Bertz CT molecular complexity index is 1280. The van der Waals surface area contributed by atoms with Gasteiger partial charge in [-0.05, 0) is 50.1 Å². The number of rotatable bonds is 5. The minimum Gasteiger partial charge on any atom is -0.437 e. The maximum atomic E-state index is 14.6. The van der Waals surface area contributed by atoms with Gasteiger partial charge in [-0.1, -0.05) is 6.07 Å². The van der Waals surface area contributed by atoms with Crippen molar-refractivity contribution >= 4 is 17.2 Å². The summed E-state index contributed by atoms with van der Waals surface area (Å²) in [6, 6.07) is 5.90. The smallest absolute Gasteiger partial charge is 0.231 e. The van der Waals surface area contributed by atoms with E-state index in [2.05, 4.69) is 4.98 Å². The second kappa shape index (κ2) is 8.69. The molecule has 0 bridgehead atoms. The van der Waals surface area contributed by atoms with Gasteiger partial charge in [-0.25, -0.2) is 22.5 Å². The van der Waals surface area contributed by atoms with Gasteiger partial charge >= 0.3 is 0 Å². The molecule has 1 aromatic heterocycles. The van der Waals surface area contributed by atoms with Gasteiger partial charge in [0, 0.05) is 18.7 Å². The number of nitrogens with zero attached hydrogens (tertiary/aromatic N) is 2. The highest BCUT2D eigenvalue weighted by Gasteiger charge is 2.34. The quantitative estimate of drug-likeness (QED) is 0.513. The van der Waals surface area contributed by atoms with E-state index >= 15 is 0 Å². The molecule has 1 unspecified atom stereocenters. The van der Waals surface area contributed by atoms with Crippen LogP contribution in [0.5, 0.6) is 0 Å². The molecule has 0 saturated carbocycles. The number of aliphatic hydroxyl groups is 2. The summed E-state index contributed by atoms with van der Waals surface area (Å²) in [5.41, 5.74) is -2.24. The molecule has 2 heterocycles. The number of anilines is 1. The number of hydrogen-bond donors (Lipinski definition) is 2. The fraction of sp³-hybridized carbons (Fsp3) is 0.250. The zero-order valence-corrected chi connectivity index (χ0v) is 18.2. The highest BCUT2D eigenvalue weighted by Crippen LogP contribution is 2.39. The first-order valence-corrected chi connectivity index (χ1v) is 10.3. The Labute approximate surface area is 191 Å². The molecule has 10 heteroatoms. The van der Waals surface area contributed by atoms with E-state index in [0.29, 0.717) is 6.07 Å². The molecule has 0 spiro atoms. The second-order valence-electron chi connectivity index (χ2n) is 8.40. The van der Waals surface area contributed by atoms with E-state index in [1.807, 2.05) is 0 Å². The summed E-state index contributed by atoms with van der Waals surface area (Å²) < 4.78 is 62.4. The van der Waals surface area contributed by atoms with Gasteiger partial charge in [0.05, 0.1) is 11.2 Å². The number of allylic oxidation sites excluding steroid dienone is 1. The zero-order valence-electron chi connectivity index (χ0n) is 18.2. The van der Waals surface area contributed by atoms with E-state index in [4.69, 9.17) is 4.42 Å². The van der Waals surface area contributed by atoms with E-state index in [1.54, 1.807) is 0 Å². The molecule has 4 rings (SSSR count). The average Bonchev–Trinajstić information content (AvgIpc) is 3.18. The molecule has 0 aliphatic carbocycles. The first-order chi connectivity index (χ1) is 16.0. The van der Waals surface area contributed by atoms with E-state index in [0.717, 1.165) is 41.4 Å². The number of benzene rings is 2. The number of amides is 1. The Kier molecular flexibility index (Phi) is 6.05. The van der Waals surface area contributed by atoms with Crippen LogP contribution in [0.3, 0.4) is 0 Å². The van der Waals surface area contributed by atoms with Gasteiger partial charge < -0.3 is 14.6 Å². The first-order valence-electron chi connectivity index (χ1n) is 10.3. The Morgan fingerprint density at radius 1 is 1.06 bits per heavy atom. The maximum absolute atomic E-state index is 14.6. The normalized spacial score (nSPS) is 15.5. The summed E-state index contributed by atoms with van der Waals surface area (Å²) in [6.45, 7) is 2.61. The van der Waals surface area contributed by atoms with Crippen LogP contribution in [-0.2, 0) is 4.79 Å². The summed E-state index contributed by atoms with van der Waals surface area (Å²) in [5.74, 6) is -4.88. The van der Waals surface area contributed by atoms with E-state index in [9.17, 15) is 32.6 Å². The first kappa shape index (κ1) is 23.7. The second-order valence-corrected chi connectivity index (χ2v) is 8.40. The van der Waals surface area contributed by atoms with Crippen LogP contribution in [0.15, 0.2) is 47.0 Å². The number of aliphatic hydroxyl groups excluding tert-OH is 1. The maximum Gasteiger partial charge on any atom is 0.231 e. The highest BCUT2D eigenvalue weighted by atomic mass is 19.1. The SMILES string of the molecule is CC(C)(O)C(O)c1nc(C2=CN(c3c(F)cccc3F)C(=O)CC2)c(-c2ccc(F)cc2F)o1. The predicted octanol–water partition coefficient (Wildman–Crippen LogP) is 4.87. The molecular weight excluding hydrogens is 456 g/mol. The number of halogens is 4. The molecule has 0 fully saturated rings. The number of para-hydroxylation sites is 1. The van der Waals surface area contributed by atoms with Crippen LogP contribution in [0.25, 0.3) is 16.9 Å². The summed E-state index contributed by atoms with van der Waals surface area (Å²) in [4.78, 5) is 17.5. The summed E-state index contributed by atoms with van der Waals surface area (Å²) in [5, 5.41) is 20.6. The lowest BCUT2D eigenvalue weighted by Gasteiger charge is -2.25. The van der Waals surface area contributed by atoms with Crippen LogP contribution in [-0.4, -0.2) is 26.7 Å². The van der Waals surface area contributed by atoms with Crippen LogP contribution in [0.2, 0.25) is 0 Å². The molecule has 1 amide bonds. The van der Waals surface area contributed by atoms with Crippen LogP contribution < -0.4 is 4.90 Å². The number of oxazole rings is 1. The van der Waals surface area contributed by atoms with Crippen LogP contribution in [0, 0.1) is 23.3 Å². The van der Waals surface area contributed by atoms with Crippen molar-refractivity contribution in [2.24, 2.45) is 0 Å². The zero-order chi connectivity index (χ0) is 24.8. The lowest BCUT2D eigenvalue weighted by molar-refractivity contribution is -0.118. The lowest BCUT2D eigenvalue weighted by Crippen LogP contribution is -2.30. The third-order valence-electron chi connectivity index (χ3n) is 5.37. The monoisotopic (exact) mass is 476 g/mol. The molecule has 178 valence electrons. The third kappa shape index (κ3) is 4.34. The third-order valence-corrected chi connectivity index (χ3v) is 5.37. The van der Waals surface area contributed by atoms with Gasteiger partial charge in [-0.3, -0.25) is 9.69 Å². The molecule has 34 heavy (non-hydrogen) atoms. The Balaban J connectivity index is 1.90. The van der Waals surface area contributed by atoms with Gasteiger partial charge in [-0.15, -0.1) is 0 Å². The summed E-state index contributed by atoms with van der Waals surface area (Å²) in [7, 11) is 0. The molecule has 0 saturated heterocycles. The van der Waals surface area contributed by atoms with Crippen molar-refractivity contribution in [1.82, 2.24) is 4.98 Å². The molecule has 1 aliphatic heterocycles. The lowest BCUT2D eigenvalue weighted by atomic mass is 9.99. The van der Waals surface area contributed by atoms with Crippen LogP contribution in [0.4, 0.5) is 23.2 Å². The van der Waals surface area contributed by atoms with Crippen LogP contribution >= 0.6 is 0 Å². The number of carbonyl (C=O) groups excluding carboxylic acids is 1. The molecule has 6 nitrogen and oxygen atoms in total. The highest BCUT2D eigenvalue weighted by molar-refractivity contribution is 6.00. The molecule has 1 aliphatic rings. The van der Waals surface area contributed by atoms with Crippen molar-refractivity contribution < 1.29 is 37.0 Å².